The zero-order valence-electron chi connectivity index (χ0n) is 16.8. The minimum atomic E-state index is -0.555. The molecule has 1 saturated carbocycles. The predicted molar refractivity (Wildman–Crippen MR) is 105 cm³/mol. The summed E-state index contributed by atoms with van der Waals surface area (Å²) < 4.78 is 12.1. The van der Waals surface area contributed by atoms with Gasteiger partial charge in [-0.15, -0.1) is 0 Å². The van der Waals surface area contributed by atoms with Crippen LogP contribution in [0.15, 0.2) is 24.4 Å². The Morgan fingerprint density at radius 1 is 1.31 bits per heavy atom. The molecule has 29 heavy (non-hydrogen) atoms. The SMILES string of the molecule is CON1C(=O)CC2CCC(Oc3nccc4cc(C(N)=O)c(OC(C)C)cc34)C21. The topological polar surface area (TPSA) is 104 Å². The van der Waals surface area contributed by atoms with Crippen molar-refractivity contribution in [2.75, 3.05) is 7.11 Å². The van der Waals surface area contributed by atoms with E-state index in [4.69, 9.17) is 20.0 Å². The number of carbonyl (C=O) groups is 2. The Labute approximate surface area is 168 Å². The lowest BCUT2D eigenvalue weighted by molar-refractivity contribution is -0.184. The van der Waals surface area contributed by atoms with Crippen LogP contribution in [0.5, 0.6) is 11.6 Å². The molecule has 1 aromatic heterocycles. The molecule has 2 heterocycles. The lowest BCUT2D eigenvalue weighted by Crippen LogP contribution is -2.42. The fourth-order valence-electron chi connectivity index (χ4n) is 4.38. The molecule has 1 aliphatic heterocycles. The molecule has 1 saturated heterocycles. The summed E-state index contributed by atoms with van der Waals surface area (Å²) in [6.45, 7) is 3.76. The van der Waals surface area contributed by atoms with Crippen molar-refractivity contribution in [2.45, 2.75) is 51.4 Å². The minimum absolute atomic E-state index is 0.0135. The van der Waals surface area contributed by atoms with Crippen LogP contribution in [0, 0.1) is 5.92 Å². The molecule has 3 atom stereocenters. The van der Waals surface area contributed by atoms with E-state index in [9.17, 15) is 9.59 Å². The normalized spacial score (nSPS) is 23.7. The van der Waals surface area contributed by atoms with Gasteiger partial charge in [-0.05, 0) is 56.2 Å². The molecule has 8 heteroatoms. The minimum Gasteiger partial charge on any atom is -0.490 e. The molecule has 2 amide bonds. The number of ether oxygens (including phenoxy) is 2. The van der Waals surface area contributed by atoms with E-state index in [1.165, 1.54) is 12.2 Å². The van der Waals surface area contributed by atoms with Gasteiger partial charge in [0.2, 0.25) is 11.8 Å². The maximum absolute atomic E-state index is 12.1. The van der Waals surface area contributed by atoms with Crippen LogP contribution in [0.4, 0.5) is 0 Å². The van der Waals surface area contributed by atoms with Gasteiger partial charge in [-0.2, -0.15) is 0 Å². The molecule has 0 bridgehead atoms. The van der Waals surface area contributed by atoms with E-state index in [-0.39, 0.29) is 30.1 Å². The lowest BCUT2D eigenvalue weighted by Gasteiger charge is -2.27. The van der Waals surface area contributed by atoms with Gasteiger partial charge in [0.1, 0.15) is 11.9 Å². The first-order valence-corrected chi connectivity index (χ1v) is 9.81. The van der Waals surface area contributed by atoms with Crippen LogP contribution in [0.25, 0.3) is 10.8 Å². The van der Waals surface area contributed by atoms with E-state index in [0.29, 0.717) is 23.6 Å². The van der Waals surface area contributed by atoms with Gasteiger partial charge in [0, 0.05) is 18.0 Å². The Bertz CT molecular complexity index is 961. The molecule has 1 aliphatic carbocycles. The van der Waals surface area contributed by atoms with Gasteiger partial charge < -0.3 is 15.2 Å². The Balaban J connectivity index is 1.71. The standard InChI is InChI=1S/C21H25N3O5/c1-11(2)28-17-10-14-12(8-15(17)20(22)26)6-7-23-21(14)29-16-5-4-13-9-18(25)24(27-3)19(13)16/h6-8,10-11,13,16,19H,4-5,9H2,1-3H3,(H2,22,26). The van der Waals surface area contributed by atoms with Crippen molar-refractivity contribution < 1.29 is 23.9 Å². The van der Waals surface area contributed by atoms with Crippen LogP contribution >= 0.6 is 0 Å². The number of nitrogens with two attached hydrogens (primary N) is 1. The molecule has 8 nitrogen and oxygen atoms in total. The van der Waals surface area contributed by atoms with Gasteiger partial charge in [-0.25, -0.2) is 10.0 Å². The molecule has 0 spiro atoms. The van der Waals surface area contributed by atoms with Crippen molar-refractivity contribution in [1.82, 2.24) is 10.0 Å². The van der Waals surface area contributed by atoms with Gasteiger partial charge in [0.05, 0.1) is 24.8 Å². The number of aromatic nitrogens is 1. The highest BCUT2D eigenvalue weighted by atomic mass is 16.7. The maximum atomic E-state index is 12.1. The average Bonchev–Trinajstić information content (AvgIpc) is 3.19. The molecule has 3 unspecified atom stereocenters. The summed E-state index contributed by atoms with van der Waals surface area (Å²) in [5.41, 5.74) is 5.85. The van der Waals surface area contributed by atoms with E-state index in [2.05, 4.69) is 4.98 Å². The molecule has 2 aliphatic rings. The van der Waals surface area contributed by atoms with Crippen LogP contribution in [0.1, 0.15) is 43.5 Å². The van der Waals surface area contributed by atoms with E-state index in [0.717, 1.165) is 23.6 Å². The third-order valence-corrected chi connectivity index (χ3v) is 5.56. The van der Waals surface area contributed by atoms with Crippen LogP contribution in [0.3, 0.4) is 0 Å². The predicted octanol–water partition coefficient (Wildman–Crippen LogP) is 2.44. The lowest BCUT2D eigenvalue weighted by atomic mass is 10.0. The largest absolute Gasteiger partial charge is 0.490 e. The Morgan fingerprint density at radius 3 is 2.79 bits per heavy atom. The molecular weight excluding hydrogens is 374 g/mol. The number of fused-ring (bicyclic) bond motifs is 2. The molecule has 2 N–H and O–H groups in total. The summed E-state index contributed by atoms with van der Waals surface area (Å²) in [7, 11) is 1.51. The molecule has 2 fully saturated rings. The van der Waals surface area contributed by atoms with E-state index in [1.807, 2.05) is 13.8 Å². The van der Waals surface area contributed by atoms with E-state index < -0.39 is 5.91 Å². The summed E-state index contributed by atoms with van der Waals surface area (Å²) in [4.78, 5) is 33.7. The summed E-state index contributed by atoms with van der Waals surface area (Å²) in [5, 5.41) is 2.94. The second-order valence-corrected chi connectivity index (χ2v) is 7.81. The molecule has 1 aromatic carbocycles. The van der Waals surface area contributed by atoms with Crippen LogP contribution < -0.4 is 15.2 Å². The van der Waals surface area contributed by atoms with Crippen LogP contribution in [0.2, 0.25) is 0 Å². The van der Waals surface area contributed by atoms with E-state index in [1.54, 1.807) is 24.4 Å². The quantitative estimate of drug-likeness (QED) is 0.800. The Morgan fingerprint density at radius 2 is 2.10 bits per heavy atom. The third-order valence-electron chi connectivity index (χ3n) is 5.56. The number of amides is 2. The van der Waals surface area contributed by atoms with Crippen molar-refractivity contribution >= 4 is 22.6 Å². The number of primary amides is 1. The van der Waals surface area contributed by atoms with Crippen molar-refractivity contribution in [3.63, 3.8) is 0 Å². The van der Waals surface area contributed by atoms with E-state index >= 15 is 0 Å². The summed E-state index contributed by atoms with van der Waals surface area (Å²) in [6.07, 6.45) is 3.49. The summed E-state index contributed by atoms with van der Waals surface area (Å²) in [6, 6.07) is 5.12. The number of benzene rings is 1. The Hall–Kier alpha value is -2.87. The number of rotatable bonds is 6. The second-order valence-electron chi connectivity index (χ2n) is 7.81. The zero-order chi connectivity index (χ0) is 20.7. The Kier molecular flexibility index (Phi) is 5.04. The van der Waals surface area contributed by atoms with Gasteiger partial charge >= 0.3 is 0 Å². The van der Waals surface area contributed by atoms with Gasteiger partial charge in [-0.1, -0.05) is 0 Å². The van der Waals surface area contributed by atoms with Crippen molar-refractivity contribution in [3.8, 4) is 11.6 Å². The molecule has 4 rings (SSSR count). The first-order valence-electron chi connectivity index (χ1n) is 9.81. The van der Waals surface area contributed by atoms with Crippen LogP contribution in [-0.2, 0) is 9.63 Å². The number of hydroxylamine groups is 2. The highest BCUT2D eigenvalue weighted by Crippen LogP contribution is 2.41. The van der Waals surface area contributed by atoms with Gasteiger partial charge in [-0.3, -0.25) is 14.4 Å². The average molecular weight is 399 g/mol. The van der Waals surface area contributed by atoms with Gasteiger partial charge in [0.25, 0.3) is 5.91 Å². The number of hydrogen-bond donors (Lipinski definition) is 1. The maximum Gasteiger partial charge on any atom is 0.252 e. The third kappa shape index (κ3) is 3.48. The van der Waals surface area contributed by atoms with Crippen molar-refractivity contribution in [2.24, 2.45) is 11.7 Å². The number of hydrogen-bond acceptors (Lipinski definition) is 6. The number of carbonyl (C=O) groups excluding carboxylic acids is 2. The molecular formula is C21H25N3O5. The first kappa shape index (κ1) is 19.4. The number of pyridine rings is 1. The second kappa shape index (κ2) is 7.51. The number of nitrogens with zero attached hydrogens (tertiary/aromatic N) is 2. The van der Waals surface area contributed by atoms with Crippen molar-refractivity contribution in [3.05, 3.63) is 30.0 Å². The summed E-state index contributed by atoms with van der Waals surface area (Å²) >= 11 is 0. The highest BCUT2D eigenvalue weighted by Gasteiger charge is 2.50. The monoisotopic (exact) mass is 399 g/mol. The van der Waals surface area contributed by atoms with Crippen molar-refractivity contribution in [1.29, 1.82) is 0 Å². The fourth-order valence-corrected chi connectivity index (χ4v) is 4.38. The molecule has 0 radical (unpaired) electrons. The fraction of sp³-hybridized carbons (Fsp3) is 0.476. The zero-order valence-corrected chi connectivity index (χ0v) is 16.8. The summed E-state index contributed by atoms with van der Waals surface area (Å²) in [5.74, 6) is 0.495. The highest BCUT2D eigenvalue weighted by molar-refractivity contribution is 6.01. The molecule has 2 aromatic rings. The smallest absolute Gasteiger partial charge is 0.252 e. The van der Waals surface area contributed by atoms with Crippen LogP contribution in [-0.4, -0.2) is 47.2 Å². The first-order chi connectivity index (χ1) is 13.9. The van der Waals surface area contributed by atoms with Gasteiger partial charge in [0.15, 0.2) is 0 Å². The molecule has 154 valence electrons.